The van der Waals surface area contributed by atoms with Crippen molar-refractivity contribution in [2.24, 2.45) is 0 Å². The van der Waals surface area contributed by atoms with E-state index in [4.69, 9.17) is 11.0 Å². The molecule has 0 aliphatic carbocycles. The second-order valence-corrected chi connectivity index (χ2v) is 4.83. The minimum absolute atomic E-state index is 0.0986. The standard InChI is InChI=1S/C13H10F2N2OS/c1-7-11(17)10(6-16)19-12(7)8-2-4-9(5-3-8)18-13(14)15/h2-5,13H,17H2,1H3. The van der Waals surface area contributed by atoms with Crippen molar-refractivity contribution in [1.29, 1.82) is 5.26 Å². The molecule has 1 aromatic carbocycles. The summed E-state index contributed by atoms with van der Waals surface area (Å²) in [6.07, 6.45) is 0. The van der Waals surface area contributed by atoms with Crippen LogP contribution in [-0.4, -0.2) is 6.61 Å². The van der Waals surface area contributed by atoms with Gasteiger partial charge in [-0.3, -0.25) is 0 Å². The molecule has 2 N–H and O–H groups in total. The van der Waals surface area contributed by atoms with Crippen molar-refractivity contribution in [2.75, 3.05) is 5.73 Å². The van der Waals surface area contributed by atoms with Gasteiger partial charge in [0.15, 0.2) is 0 Å². The van der Waals surface area contributed by atoms with E-state index in [1.165, 1.54) is 23.5 Å². The molecule has 6 heteroatoms. The molecule has 0 spiro atoms. The molecule has 3 nitrogen and oxygen atoms in total. The minimum atomic E-state index is -2.84. The van der Waals surface area contributed by atoms with Gasteiger partial charge in [0.25, 0.3) is 0 Å². The summed E-state index contributed by atoms with van der Waals surface area (Å²) >= 11 is 1.28. The predicted molar refractivity (Wildman–Crippen MR) is 70.3 cm³/mol. The molecule has 0 atom stereocenters. The third kappa shape index (κ3) is 2.66. The molecule has 0 unspecified atom stereocenters. The van der Waals surface area contributed by atoms with Gasteiger partial charge in [0.05, 0.1) is 5.69 Å². The topological polar surface area (TPSA) is 59.0 Å². The van der Waals surface area contributed by atoms with Crippen LogP contribution >= 0.6 is 11.3 Å². The van der Waals surface area contributed by atoms with E-state index in [1.807, 2.05) is 13.0 Å². The van der Waals surface area contributed by atoms with Crippen LogP contribution in [0.4, 0.5) is 14.5 Å². The molecular formula is C13H10F2N2OS. The Labute approximate surface area is 112 Å². The number of nitrogen functional groups attached to an aromatic ring is 1. The molecule has 0 radical (unpaired) electrons. The highest BCUT2D eigenvalue weighted by Crippen LogP contribution is 2.38. The van der Waals surface area contributed by atoms with Crippen LogP contribution in [0.2, 0.25) is 0 Å². The van der Waals surface area contributed by atoms with E-state index in [2.05, 4.69) is 4.74 Å². The number of hydrogen-bond donors (Lipinski definition) is 1. The summed E-state index contributed by atoms with van der Waals surface area (Å²) in [7, 11) is 0. The molecule has 1 aromatic heterocycles. The van der Waals surface area contributed by atoms with Crippen LogP contribution in [0.15, 0.2) is 24.3 Å². The van der Waals surface area contributed by atoms with E-state index < -0.39 is 6.61 Å². The summed E-state index contributed by atoms with van der Waals surface area (Å²) in [6, 6.07) is 8.28. The smallest absolute Gasteiger partial charge is 0.387 e. The Kier molecular flexibility index (Phi) is 3.67. The molecular weight excluding hydrogens is 270 g/mol. The first kappa shape index (κ1) is 13.3. The number of alkyl halides is 2. The highest BCUT2D eigenvalue weighted by molar-refractivity contribution is 7.16. The number of benzene rings is 1. The SMILES string of the molecule is Cc1c(-c2ccc(OC(F)F)cc2)sc(C#N)c1N. The lowest BCUT2D eigenvalue weighted by Crippen LogP contribution is -2.01. The first-order valence-electron chi connectivity index (χ1n) is 5.37. The zero-order valence-electron chi connectivity index (χ0n) is 9.98. The number of ether oxygens (including phenoxy) is 1. The van der Waals surface area contributed by atoms with Crippen LogP contribution in [0.5, 0.6) is 5.75 Å². The number of nitrogens with two attached hydrogens (primary N) is 1. The average Bonchev–Trinajstić information content (AvgIpc) is 2.66. The van der Waals surface area contributed by atoms with Crippen LogP contribution in [-0.2, 0) is 0 Å². The van der Waals surface area contributed by atoms with Gasteiger partial charge in [0, 0.05) is 4.88 Å². The van der Waals surface area contributed by atoms with Crippen LogP contribution in [0.3, 0.4) is 0 Å². The Morgan fingerprint density at radius 1 is 1.32 bits per heavy atom. The van der Waals surface area contributed by atoms with Gasteiger partial charge in [0.1, 0.15) is 16.7 Å². The summed E-state index contributed by atoms with van der Waals surface area (Å²) < 4.78 is 28.4. The highest BCUT2D eigenvalue weighted by Gasteiger charge is 2.14. The van der Waals surface area contributed by atoms with Crippen LogP contribution in [0, 0.1) is 18.3 Å². The summed E-state index contributed by atoms with van der Waals surface area (Å²) in [5, 5.41) is 8.92. The van der Waals surface area contributed by atoms with E-state index in [-0.39, 0.29) is 5.75 Å². The van der Waals surface area contributed by atoms with Crippen molar-refractivity contribution in [1.82, 2.24) is 0 Å². The van der Waals surface area contributed by atoms with Crippen LogP contribution < -0.4 is 10.5 Å². The summed E-state index contributed by atoms with van der Waals surface area (Å²) in [4.78, 5) is 1.32. The molecule has 0 saturated heterocycles. The first-order valence-corrected chi connectivity index (χ1v) is 6.18. The van der Waals surface area contributed by atoms with Gasteiger partial charge in [-0.15, -0.1) is 11.3 Å². The zero-order valence-corrected chi connectivity index (χ0v) is 10.8. The fourth-order valence-corrected chi connectivity index (χ4v) is 2.70. The fourth-order valence-electron chi connectivity index (χ4n) is 1.67. The van der Waals surface area contributed by atoms with E-state index in [0.717, 1.165) is 16.0 Å². The Morgan fingerprint density at radius 3 is 2.42 bits per heavy atom. The lowest BCUT2D eigenvalue weighted by molar-refractivity contribution is -0.0498. The molecule has 0 amide bonds. The normalized spacial score (nSPS) is 10.5. The number of nitriles is 1. The Balaban J connectivity index is 2.35. The third-order valence-electron chi connectivity index (χ3n) is 2.64. The predicted octanol–water partition coefficient (Wildman–Crippen LogP) is 3.78. The van der Waals surface area contributed by atoms with Gasteiger partial charge in [-0.2, -0.15) is 14.0 Å². The molecule has 0 bridgehead atoms. The van der Waals surface area contributed by atoms with Gasteiger partial charge in [0.2, 0.25) is 0 Å². The Morgan fingerprint density at radius 2 is 1.95 bits per heavy atom. The van der Waals surface area contributed by atoms with Crippen LogP contribution in [0.1, 0.15) is 10.4 Å². The van der Waals surface area contributed by atoms with Crippen molar-refractivity contribution >= 4 is 17.0 Å². The second-order valence-electron chi connectivity index (χ2n) is 3.81. The molecule has 0 saturated carbocycles. The molecule has 2 rings (SSSR count). The number of anilines is 1. The van der Waals surface area contributed by atoms with Gasteiger partial charge in [-0.25, -0.2) is 0 Å². The van der Waals surface area contributed by atoms with Crippen molar-refractivity contribution in [3.8, 4) is 22.3 Å². The van der Waals surface area contributed by atoms with E-state index in [1.54, 1.807) is 12.1 Å². The third-order valence-corrected chi connectivity index (χ3v) is 3.90. The summed E-state index contributed by atoms with van der Waals surface area (Å²) in [5.74, 6) is 0.0986. The molecule has 0 aliphatic rings. The minimum Gasteiger partial charge on any atom is -0.435 e. The average molecular weight is 280 g/mol. The molecule has 2 aromatic rings. The monoisotopic (exact) mass is 280 g/mol. The number of rotatable bonds is 3. The van der Waals surface area contributed by atoms with Gasteiger partial charge >= 0.3 is 6.61 Å². The highest BCUT2D eigenvalue weighted by atomic mass is 32.1. The Hall–Kier alpha value is -2.13. The Bertz CT molecular complexity index is 629. The van der Waals surface area contributed by atoms with Crippen molar-refractivity contribution in [3.05, 3.63) is 34.7 Å². The maximum Gasteiger partial charge on any atom is 0.387 e. The van der Waals surface area contributed by atoms with Gasteiger partial charge in [-0.05, 0) is 42.3 Å². The largest absolute Gasteiger partial charge is 0.435 e. The molecule has 19 heavy (non-hydrogen) atoms. The van der Waals surface area contributed by atoms with E-state index >= 15 is 0 Å². The number of hydrogen-bond acceptors (Lipinski definition) is 4. The van der Waals surface area contributed by atoms with E-state index in [9.17, 15) is 8.78 Å². The molecule has 0 fully saturated rings. The fraction of sp³-hybridized carbons (Fsp3) is 0.154. The van der Waals surface area contributed by atoms with Crippen molar-refractivity contribution in [3.63, 3.8) is 0 Å². The maximum atomic E-state index is 12.0. The zero-order chi connectivity index (χ0) is 14.0. The van der Waals surface area contributed by atoms with Crippen molar-refractivity contribution in [2.45, 2.75) is 13.5 Å². The maximum absolute atomic E-state index is 12.0. The van der Waals surface area contributed by atoms with Gasteiger partial charge in [-0.1, -0.05) is 0 Å². The lowest BCUT2D eigenvalue weighted by atomic mass is 10.1. The molecule has 98 valence electrons. The van der Waals surface area contributed by atoms with E-state index in [0.29, 0.717) is 10.6 Å². The number of thiophene rings is 1. The van der Waals surface area contributed by atoms with Crippen molar-refractivity contribution < 1.29 is 13.5 Å². The number of nitrogens with zero attached hydrogens (tertiary/aromatic N) is 1. The van der Waals surface area contributed by atoms with Crippen LogP contribution in [0.25, 0.3) is 10.4 Å². The summed E-state index contributed by atoms with van der Waals surface area (Å²) in [5.41, 5.74) is 7.92. The van der Waals surface area contributed by atoms with Gasteiger partial charge < -0.3 is 10.5 Å². The summed E-state index contributed by atoms with van der Waals surface area (Å²) in [6.45, 7) is -1.01. The quantitative estimate of drug-likeness (QED) is 0.930. The number of halogens is 2. The first-order chi connectivity index (χ1) is 9.02. The molecule has 1 heterocycles. The second kappa shape index (κ2) is 5.24. The molecule has 0 aliphatic heterocycles. The lowest BCUT2D eigenvalue weighted by Gasteiger charge is -2.05.